The molecule has 0 aromatic carbocycles. The Morgan fingerprint density at radius 3 is 2.05 bits per heavy atom. The molecule has 19 heavy (non-hydrogen) atoms. The Morgan fingerprint density at radius 1 is 0.684 bits per heavy atom. The zero-order valence-corrected chi connectivity index (χ0v) is 12.7. The van der Waals surface area contributed by atoms with E-state index in [1.54, 1.807) is 0 Å². The topological polar surface area (TPSA) is 9.23 Å². The molecule has 0 N–H and O–H groups in total. The van der Waals surface area contributed by atoms with Gasteiger partial charge < -0.3 is 4.74 Å². The van der Waals surface area contributed by atoms with Crippen LogP contribution in [-0.4, -0.2) is 6.61 Å². The molecule has 0 radical (unpaired) electrons. The summed E-state index contributed by atoms with van der Waals surface area (Å²) in [5.41, 5.74) is 0. The first-order chi connectivity index (χ1) is 9.41. The van der Waals surface area contributed by atoms with Gasteiger partial charge in [0.2, 0.25) is 0 Å². The minimum atomic E-state index is 0.766. The van der Waals surface area contributed by atoms with Crippen molar-refractivity contribution in [3.05, 3.63) is 48.8 Å². The second-order valence-electron chi connectivity index (χ2n) is 4.42. The maximum absolute atomic E-state index is 5.13. The van der Waals surface area contributed by atoms with Crippen LogP contribution in [0.1, 0.15) is 58.8 Å². The third-order valence-electron chi connectivity index (χ3n) is 2.64. The summed E-state index contributed by atoms with van der Waals surface area (Å²) >= 11 is 0. The largest absolute Gasteiger partial charge is 0.502 e. The highest BCUT2D eigenvalue weighted by Gasteiger charge is 1.84. The molecule has 0 heterocycles. The average molecular weight is 262 g/mol. The van der Waals surface area contributed by atoms with Gasteiger partial charge in [-0.25, -0.2) is 0 Å². The lowest BCUT2D eigenvalue weighted by Gasteiger charge is -1.94. The van der Waals surface area contributed by atoms with Crippen molar-refractivity contribution in [3.8, 4) is 0 Å². The van der Waals surface area contributed by atoms with Crippen molar-refractivity contribution in [2.45, 2.75) is 58.8 Å². The van der Waals surface area contributed by atoms with Gasteiger partial charge in [0.15, 0.2) is 0 Å². The van der Waals surface area contributed by atoms with Crippen LogP contribution in [0, 0.1) is 0 Å². The number of rotatable bonds is 12. The summed E-state index contributed by atoms with van der Waals surface area (Å²) in [6.45, 7) is 4.92. The van der Waals surface area contributed by atoms with E-state index in [1.807, 2.05) is 13.2 Å². The molecule has 0 bridgehead atoms. The first-order valence-corrected chi connectivity index (χ1v) is 7.65. The van der Waals surface area contributed by atoms with Crippen LogP contribution in [-0.2, 0) is 4.74 Å². The molecule has 1 heteroatoms. The minimum absolute atomic E-state index is 0.766. The first kappa shape index (κ1) is 17.8. The molecule has 0 aliphatic carbocycles. The third-order valence-corrected chi connectivity index (χ3v) is 2.64. The van der Waals surface area contributed by atoms with Gasteiger partial charge in [0.1, 0.15) is 0 Å². The summed E-state index contributed by atoms with van der Waals surface area (Å²) in [7, 11) is 0. The molecule has 0 unspecified atom stereocenters. The molecule has 108 valence electrons. The molecular weight excluding hydrogens is 232 g/mol. The summed E-state index contributed by atoms with van der Waals surface area (Å²) in [6, 6.07) is 0. The highest BCUT2D eigenvalue weighted by Crippen LogP contribution is 2.03. The average Bonchev–Trinajstić information content (AvgIpc) is 2.43. The monoisotopic (exact) mass is 262 g/mol. The van der Waals surface area contributed by atoms with E-state index in [9.17, 15) is 0 Å². The van der Waals surface area contributed by atoms with Crippen molar-refractivity contribution in [2.24, 2.45) is 0 Å². The van der Waals surface area contributed by atoms with E-state index in [2.05, 4.69) is 49.5 Å². The number of unbranched alkanes of at least 4 members (excludes halogenated alkanes) is 4. The van der Waals surface area contributed by atoms with Crippen molar-refractivity contribution in [1.29, 1.82) is 0 Å². The van der Waals surface area contributed by atoms with Gasteiger partial charge in [-0.1, -0.05) is 43.4 Å². The van der Waals surface area contributed by atoms with Crippen molar-refractivity contribution >= 4 is 0 Å². The van der Waals surface area contributed by atoms with Crippen LogP contribution in [0.4, 0.5) is 0 Å². The smallest absolute Gasteiger partial charge is 0.0845 e. The second kappa shape index (κ2) is 16.8. The van der Waals surface area contributed by atoms with Gasteiger partial charge in [0.05, 0.1) is 12.9 Å². The van der Waals surface area contributed by atoms with E-state index in [0.29, 0.717) is 0 Å². The summed E-state index contributed by atoms with van der Waals surface area (Å²) in [4.78, 5) is 0. The Kier molecular flexibility index (Phi) is 15.7. The van der Waals surface area contributed by atoms with Crippen LogP contribution in [0.5, 0.6) is 0 Å². The van der Waals surface area contributed by atoms with Crippen LogP contribution in [0.25, 0.3) is 0 Å². The van der Waals surface area contributed by atoms with E-state index >= 15 is 0 Å². The third kappa shape index (κ3) is 16.8. The minimum Gasteiger partial charge on any atom is -0.502 e. The summed E-state index contributed by atoms with van der Waals surface area (Å²) in [5.74, 6) is 0. The van der Waals surface area contributed by atoms with E-state index in [4.69, 9.17) is 4.74 Å². The van der Waals surface area contributed by atoms with Gasteiger partial charge in [-0.2, -0.15) is 0 Å². The lowest BCUT2D eigenvalue weighted by molar-refractivity contribution is 0.268. The molecule has 0 aromatic rings. The molecular formula is C18H30O. The van der Waals surface area contributed by atoms with Crippen LogP contribution < -0.4 is 0 Å². The predicted octanol–water partition coefficient (Wildman–Crippen LogP) is 5.96. The fourth-order valence-electron chi connectivity index (χ4n) is 1.57. The SMILES string of the molecule is CC/C=C/C=C\CC/C=C\CCCCC=COCC. The Labute approximate surface area is 119 Å². The van der Waals surface area contributed by atoms with E-state index in [0.717, 1.165) is 32.3 Å². The maximum atomic E-state index is 5.13. The van der Waals surface area contributed by atoms with Crippen LogP contribution in [0.3, 0.4) is 0 Å². The van der Waals surface area contributed by atoms with Crippen molar-refractivity contribution in [3.63, 3.8) is 0 Å². The molecule has 0 amide bonds. The molecule has 0 aromatic heterocycles. The highest BCUT2D eigenvalue weighted by atomic mass is 16.5. The number of allylic oxidation sites excluding steroid dienone is 7. The number of hydrogen-bond acceptors (Lipinski definition) is 1. The fourth-order valence-corrected chi connectivity index (χ4v) is 1.57. The van der Waals surface area contributed by atoms with Gasteiger partial charge in [-0.15, -0.1) is 0 Å². The Hall–Kier alpha value is -1.24. The Bertz CT molecular complexity index is 271. The van der Waals surface area contributed by atoms with E-state index in [1.165, 1.54) is 19.3 Å². The first-order valence-electron chi connectivity index (χ1n) is 7.65. The predicted molar refractivity (Wildman–Crippen MR) is 86.2 cm³/mol. The highest BCUT2D eigenvalue weighted by molar-refractivity contribution is 5.02. The molecule has 0 atom stereocenters. The van der Waals surface area contributed by atoms with Crippen LogP contribution in [0.15, 0.2) is 48.8 Å². The molecule has 0 saturated heterocycles. The quantitative estimate of drug-likeness (QED) is 0.183. The van der Waals surface area contributed by atoms with Crippen molar-refractivity contribution in [1.82, 2.24) is 0 Å². The fraction of sp³-hybridized carbons (Fsp3) is 0.556. The molecule has 0 spiro atoms. The van der Waals surface area contributed by atoms with Gasteiger partial charge in [0, 0.05) is 0 Å². The van der Waals surface area contributed by atoms with Gasteiger partial charge in [-0.05, 0) is 57.9 Å². The summed E-state index contributed by atoms with van der Waals surface area (Å²) < 4.78 is 5.13. The zero-order chi connectivity index (χ0) is 14.0. The van der Waals surface area contributed by atoms with Crippen molar-refractivity contribution < 1.29 is 4.74 Å². The second-order valence-corrected chi connectivity index (χ2v) is 4.42. The molecule has 0 aliphatic rings. The molecule has 0 rings (SSSR count). The van der Waals surface area contributed by atoms with E-state index < -0.39 is 0 Å². The van der Waals surface area contributed by atoms with Crippen LogP contribution in [0.2, 0.25) is 0 Å². The van der Waals surface area contributed by atoms with Crippen LogP contribution >= 0.6 is 0 Å². The molecule has 0 aliphatic heterocycles. The van der Waals surface area contributed by atoms with Gasteiger partial charge >= 0.3 is 0 Å². The zero-order valence-electron chi connectivity index (χ0n) is 12.7. The maximum Gasteiger partial charge on any atom is 0.0845 e. The number of ether oxygens (including phenoxy) is 1. The molecule has 0 saturated carbocycles. The van der Waals surface area contributed by atoms with Gasteiger partial charge in [-0.3, -0.25) is 0 Å². The lowest BCUT2D eigenvalue weighted by atomic mass is 10.1. The Balaban J connectivity index is 3.26. The van der Waals surface area contributed by atoms with Crippen molar-refractivity contribution in [2.75, 3.05) is 6.61 Å². The number of hydrogen-bond donors (Lipinski definition) is 0. The Morgan fingerprint density at radius 2 is 1.32 bits per heavy atom. The molecule has 1 nitrogen and oxygen atoms in total. The standard InChI is InChI=1S/C18H30O/c1-3-5-6-7-8-9-10-11-12-13-14-15-16-17-18-19-4-2/h5-8,11-12,17-18H,3-4,9-10,13-16H2,1-2H3/b6-5+,8-7-,12-11-,18-17?. The summed E-state index contributed by atoms with van der Waals surface area (Å²) in [5, 5.41) is 0. The molecule has 0 fully saturated rings. The van der Waals surface area contributed by atoms with E-state index in [-0.39, 0.29) is 0 Å². The normalized spacial score (nSPS) is 12.5. The lowest BCUT2D eigenvalue weighted by Crippen LogP contribution is -1.77. The van der Waals surface area contributed by atoms with Gasteiger partial charge in [0.25, 0.3) is 0 Å². The summed E-state index contributed by atoms with van der Waals surface area (Å²) in [6.07, 6.45) is 25.4.